The summed E-state index contributed by atoms with van der Waals surface area (Å²) >= 11 is 0. The van der Waals surface area contributed by atoms with Crippen molar-refractivity contribution in [3.8, 4) is 50.8 Å². The quantitative estimate of drug-likeness (QED) is 0.149. The zero-order valence-electron chi connectivity index (χ0n) is 31.1. The molecule has 1 aliphatic rings. The monoisotopic (exact) mass is 711 g/mol. The zero-order valence-corrected chi connectivity index (χ0v) is 31.1. The Morgan fingerprint density at radius 1 is 0.491 bits per heavy atom. The van der Waals surface area contributed by atoms with Gasteiger partial charge in [0.15, 0.2) is 0 Å². The van der Waals surface area contributed by atoms with Crippen molar-refractivity contribution in [1.29, 1.82) is 0 Å². The molecular formula is C51H41N3O. The maximum absolute atomic E-state index is 6.30. The van der Waals surface area contributed by atoms with Gasteiger partial charge in [0.1, 0.15) is 17.3 Å². The molecule has 8 aromatic rings. The Bertz CT molecular complexity index is 2630. The maximum Gasteiger partial charge on any atom is 0.145 e. The highest BCUT2D eigenvalue weighted by Crippen LogP contribution is 2.37. The van der Waals surface area contributed by atoms with E-state index < -0.39 is 0 Å². The number of anilines is 2. The van der Waals surface area contributed by atoms with Crippen LogP contribution in [0.15, 0.2) is 199 Å². The highest BCUT2D eigenvalue weighted by atomic mass is 16.5. The second-order valence-corrected chi connectivity index (χ2v) is 14.2. The number of para-hydroxylation sites is 3. The minimum atomic E-state index is 0.806. The molecule has 0 bridgehead atoms. The van der Waals surface area contributed by atoms with Gasteiger partial charge in [-0.05, 0) is 128 Å². The van der Waals surface area contributed by atoms with Crippen LogP contribution in [0.1, 0.15) is 25.3 Å². The van der Waals surface area contributed by atoms with E-state index in [2.05, 4.69) is 187 Å². The van der Waals surface area contributed by atoms with Crippen LogP contribution in [0.5, 0.6) is 11.5 Å². The lowest BCUT2D eigenvalue weighted by Crippen LogP contribution is -2.17. The topological polar surface area (TPSA) is 30.3 Å². The molecule has 9 rings (SSSR count). The Morgan fingerprint density at radius 2 is 1.00 bits per heavy atom. The van der Waals surface area contributed by atoms with Gasteiger partial charge in [0.25, 0.3) is 0 Å². The summed E-state index contributed by atoms with van der Waals surface area (Å²) in [5, 5.41) is 0. The van der Waals surface area contributed by atoms with E-state index in [0.29, 0.717) is 0 Å². The largest absolute Gasteiger partial charge is 0.457 e. The zero-order chi connectivity index (χ0) is 37.1. The summed E-state index contributed by atoms with van der Waals surface area (Å²) in [5.41, 5.74) is 15.1. The van der Waals surface area contributed by atoms with Crippen molar-refractivity contribution >= 4 is 22.4 Å². The molecule has 1 aromatic heterocycles. The third kappa shape index (κ3) is 7.10. The predicted molar refractivity (Wildman–Crippen MR) is 228 cm³/mol. The molecule has 4 heteroatoms. The van der Waals surface area contributed by atoms with Crippen molar-refractivity contribution in [2.24, 2.45) is 0 Å². The number of nitrogens with zero attached hydrogens (tertiary/aromatic N) is 3. The van der Waals surface area contributed by atoms with E-state index in [4.69, 9.17) is 9.72 Å². The van der Waals surface area contributed by atoms with Crippen LogP contribution in [0.3, 0.4) is 0 Å². The first-order chi connectivity index (χ1) is 27.1. The van der Waals surface area contributed by atoms with Crippen LogP contribution in [0.4, 0.5) is 11.4 Å². The molecule has 0 amide bonds. The van der Waals surface area contributed by atoms with Gasteiger partial charge in [0.2, 0.25) is 0 Å². The summed E-state index contributed by atoms with van der Waals surface area (Å²) in [6.07, 6.45) is 6.57. The highest BCUT2D eigenvalue weighted by Gasteiger charge is 2.17. The molecule has 4 nitrogen and oxygen atoms in total. The Morgan fingerprint density at radius 3 is 1.58 bits per heavy atom. The molecule has 0 saturated carbocycles. The summed E-state index contributed by atoms with van der Waals surface area (Å²) in [4.78, 5) is 7.38. The Kier molecular flexibility index (Phi) is 9.15. The SMILES string of the molecule is CC1=CC=C(N(c2ccc(C)cc2)c2ccc(Oc3ccc(-c4ccc(-c5ccc(-c6nc7ccccc7n6-c6ccccc6)cc5)cc4)cc3)cc2)CC1. The molecule has 0 unspecified atom stereocenters. The van der Waals surface area contributed by atoms with E-state index in [1.165, 1.54) is 22.4 Å². The van der Waals surface area contributed by atoms with Gasteiger partial charge in [-0.25, -0.2) is 4.98 Å². The number of benzene rings is 7. The number of rotatable bonds is 9. The van der Waals surface area contributed by atoms with Crippen molar-refractivity contribution in [1.82, 2.24) is 9.55 Å². The lowest BCUT2D eigenvalue weighted by molar-refractivity contribution is 0.483. The molecule has 0 spiro atoms. The molecule has 0 fully saturated rings. The molecule has 1 aliphatic carbocycles. The van der Waals surface area contributed by atoms with Crippen LogP contribution in [0, 0.1) is 6.92 Å². The van der Waals surface area contributed by atoms with Crippen molar-refractivity contribution < 1.29 is 4.74 Å². The fourth-order valence-corrected chi connectivity index (χ4v) is 7.33. The van der Waals surface area contributed by atoms with Gasteiger partial charge in [0, 0.05) is 28.3 Å². The van der Waals surface area contributed by atoms with Crippen molar-refractivity contribution in [3.05, 3.63) is 205 Å². The van der Waals surface area contributed by atoms with Gasteiger partial charge in [0.05, 0.1) is 11.0 Å². The lowest BCUT2D eigenvalue weighted by Gasteiger charge is -2.29. The first kappa shape index (κ1) is 33.9. The average Bonchev–Trinajstić information content (AvgIpc) is 3.64. The summed E-state index contributed by atoms with van der Waals surface area (Å²) in [6, 6.07) is 61.7. The van der Waals surface area contributed by atoms with Crippen molar-refractivity contribution in [3.63, 3.8) is 0 Å². The number of imidazole rings is 1. The van der Waals surface area contributed by atoms with Crippen molar-refractivity contribution in [2.75, 3.05) is 4.90 Å². The van der Waals surface area contributed by atoms with E-state index in [9.17, 15) is 0 Å². The molecular weight excluding hydrogens is 671 g/mol. The normalized spacial score (nSPS) is 12.6. The van der Waals surface area contributed by atoms with E-state index in [-0.39, 0.29) is 0 Å². The van der Waals surface area contributed by atoms with E-state index in [1.54, 1.807) is 0 Å². The Hall–Kier alpha value is -6.91. The molecule has 0 N–H and O–H groups in total. The van der Waals surface area contributed by atoms with Crippen LogP contribution >= 0.6 is 0 Å². The third-order valence-electron chi connectivity index (χ3n) is 10.4. The minimum Gasteiger partial charge on any atom is -0.457 e. The van der Waals surface area contributed by atoms with Gasteiger partial charge in [-0.2, -0.15) is 0 Å². The number of hydrogen-bond donors (Lipinski definition) is 0. The van der Waals surface area contributed by atoms with E-state index in [1.807, 2.05) is 24.3 Å². The number of hydrogen-bond acceptors (Lipinski definition) is 3. The van der Waals surface area contributed by atoms with Crippen LogP contribution < -0.4 is 9.64 Å². The summed E-state index contributed by atoms with van der Waals surface area (Å²) in [5.74, 6) is 2.55. The number of ether oxygens (including phenoxy) is 1. The van der Waals surface area contributed by atoms with Crippen LogP contribution in [-0.4, -0.2) is 9.55 Å². The second-order valence-electron chi connectivity index (χ2n) is 14.2. The predicted octanol–water partition coefficient (Wildman–Crippen LogP) is 13.9. The first-order valence-corrected chi connectivity index (χ1v) is 18.9. The summed E-state index contributed by atoms with van der Waals surface area (Å²) in [6.45, 7) is 4.33. The fourth-order valence-electron chi connectivity index (χ4n) is 7.33. The molecule has 266 valence electrons. The van der Waals surface area contributed by atoms with Crippen LogP contribution in [0.25, 0.3) is 50.4 Å². The summed E-state index contributed by atoms with van der Waals surface area (Å²) < 4.78 is 8.54. The Labute approximate surface area is 323 Å². The molecule has 0 radical (unpaired) electrons. The standard InChI is InChI=1S/C51H41N3O/c1-36-12-26-44(27-13-36)53(45-28-14-37(2)15-29-45)46-30-34-48(35-31-46)55-47-32-24-41(25-33-47)39-18-16-38(17-19-39)40-20-22-42(23-21-40)51-52-49-10-6-7-11-50(49)54(51)43-8-4-3-5-9-43/h3-14,16-28,30-35H,15,29H2,1-2H3. The maximum atomic E-state index is 6.30. The van der Waals surface area contributed by atoms with Gasteiger partial charge < -0.3 is 9.64 Å². The first-order valence-electron chi connectivity index (χ1n) is 18.9. The molecule has 0 saturated heterocycles. The highest BCUT2D eigenvalue weighted by molar-refractivity contribution is 5.84. The third-order valence-corrected chi connectivity index (χ3v) is 10.4. The molecule has 0 aliphatic heterocycles. The van der Waals surface area contributed by atoms with E-state index in [0.717, 1.165) is 80.5 Å². The number of aryl methyl sites for hydroxylation is 1. The fraction of sp³-hybridized carbons (Fsp3) is 0.0784. The van der Waals surface area contributed by atoms with E-state index >= 15 is 0 Å². The van der Waals surface area contributed by atoms with Crippen LogP contribution in [-0.2, 0) is 0 Å². The summed E-state index contributed by atoms with van der Waals surface area (Å²) in [7, 11) is 0. The molecule has 7 aromatic carbocycles. The van der Waals surface area contributed by atoms with Gasteiger partial charge in [-0.3, -0.25) is 4.57 Å². The number of fused-ring (bicyclic) bond motifs is 1. The van der Waals surface area contributed by atoms with Gasteiger partial charge in [-0.15, -0.1) is 0 Å². The van der Waals surface area contributed by atoms with Gasteiger partial charge >= 0.3 is 0 Å². The van der Waals surface area contributed by atoms with Crippen LogP contribution in [0.2, 0.25) is 0 Å². The minimum absolute atomic E-state index is 0.806. The number of aromatic nitrogens is 2. The molecule has 55 heavy (non-hydrogen) atoms. The smallest absolute Gasteiger partial charge is 0.145 e. The van der Waals surface area contributed by atoms with Crippen molar-refractivity contribution in [2.45, 2.75) is 26.7 Å². The second kappa shape index (κ2) is 14.8. The number of allylic oxidation sites excluding steroid dienone is 4. The Balaban J connectivity index is 0.888. The average molecular weight is 712 g/mol. The van der Waals surface area contributed by atoms with Gasteiger partial charge in [-0.1, -0.05) is 120 Å². The lowest BCUT2D eigenvalue weighted by atomic mass is 9.99. The molecule has 1 heterocycles. The molecule has 0 atom stereocenters.